The van der Waals surface area contributed by atoms with E-state index in [-0.39, 0.29) is 0 Å². The second-order valence-corrected chi connectivity index (χ2v) is 4.28. The smallest absolute Gasteiger partial charge is 0.509 e. The zero-order chi connectivity index (χ0) is 17.2. The molecular weight excluding hydrogens is 326 g/mol. The van der Waals surface area contributed by atoms with Crippen molar-refractivity contribution >= 4 is 7.32 Å². The summed E-state index contributed by atoms with van der Waals surface area (Å²) in [6, 6.07) is 4.21. The molecule has 0 aliphatic heterocycles. The first-order valence-electron chi connectivity index (χ1n) is 6.04. The fourth-order valence-corrected chi connectivity index (χ4v) is 1.65. The summed E-state index contributed by atoms with van der Waals surface area (Å²) >= 11 is 0. The molecule has 4 nitrogen and oxygen atoms in total. The van der Waals surface area contributed by atoms with E-state index in [1.165, 1.54) is 0 Å². The van der Waals surface area contributed by atoms with Crippen LogP contribution in [0.15, 0.2) is 36.4 Å². The number of alkyl halides is 3. The van der Waals surface area contributed by atoms with E-state index < -0.39 is 47.9 Å². The molecule has 0 bridgehead atoms. The fraction of sp³-hybridized carbons (Fsp3) is 0.0769. The van der Waals surface area contributed by atoms with Crippen LogP contribution in [0, 0.1) is 11.6 Å². The highest BCUT2D eigenvalue weighted by Crippen LogP contribution is 2.38. The van der Waals surface area contributed by atoms with Crippen molar-refractivity contribution in [2.24, 2.45) is 0 Å². The normalized spacial score (nSPS) is 11.3. The van der Waals surface area contributed by atoms with Crippen LogP contribution in [-0.2, 0) is 6.18 Å². The molecule has 0 radical (unpaired) electrons. The lowest BCUT2D eigenvalue weighted by Crippen LogP contribution is -2.21. The van der Waals surface area contributed by atoms with Crippen molar-refractivity contribution in [1.29, 1.82) is 0 Å². The Morgan fingerprint density at radius 1 is 0.870 bits per heavy atom. The highest BCUT2D eigenvalue weighted by Gasteiger charge is 2.32. The molecule has 0 amide bonds. The largest absolute Gasteiger partial charge is 0.707 e. The summed E-state index contributed by atoms with van der Waals surface area (Å²) in [6.07, 6.45) is -4.71. The second-order valence-electron chi connectivity index (χ2n) is 4.28. The monoisotopic (exact) mass is 334 g/mol. The van der Waals surface area contributed by atoms with Crippen LogP contribution in [0.5, 0.6) is 17.2 Å². The third-order valence-corrected chi connectivity index (χ3v) is 2.62. The van der Waals surface area contributed by atoms with Crippen molar-refractivity contribution in [1.82, 2.24) is 0 Å². The van der Waals surface area contributed by atoms with Crippen LogP contribution >= 0.6 is 0 Å². The van der Waals surface area contributed by atoms with Crippen molar-refractivity contribution in [3.05, 3.63) is 53.6 Å². The first-order valence-corrected chi connectivity index (χ1v) is 6.04. The summed E-state index contributed by atoms with van der Waals surface area (Å²) in [4.78, 5) is 0. The molecule has 0 saturated carbocycles. The van der Waals surface area contributed by atoms with E-state index in [2.05, 4.69) is 4.65 Å². The zero-order valence-electron chi connectivity index (χ0n) is 11.1. The quantitative estimate of drug-likeness (QED) is 0.666. The predicted molar refractivity (Wildman–Crippen MR) is 68.7 cm³/mol. The standard InChI is InChI=1S/C13H8BF5O4/c15-8-2-4-10(9(16)6-8)22-11-3-1-7(13(17,18)19)5-12(11)23-14(20)21/h1-6,20-21H. The zero-order valence-corrected chi connectivity index (χ0v) is 11.1. The van der Waals surface area contributed by atoms with E-state index in [1.807, 2.05) is 0 Å². The molecule has 0 aliphatic rings. The molecule has 2 N–H and O–H groups in total. The number of hydrogen-bond donors (Lipinski definition) is 2. The van der Waals surface area contributed by atoms with Gasteiger partial charge in [-0.15, -0.1) is 0 Å². The minimum absolute atomic E-state index is 0.420. The van der Waals surface area contributed by atoms with Crippen LogP contribution in [0.3, 0.4) is 0 Å². The summed E-state index contributed by atoms with van der Waals surface area (Å²) in [7, 11) is -2.42. The van der Waals surface area contributed by atoms with Crippen LogP contribution in [0.25, 0.3) is 0 Å². The molecular formula is C13H8BF5O4. The molecule has 122 valence electrons. The molecule has 0 aliphatic carbocycles. The Hall–Kier alpha value is -2.33. The summed E-state index contributed by atoms with van der Waals surface area (Å²) < 4.78 is 73.7. The van der Waals surface area contributed by atoms with Gasteiger partial charge >= 0.3 is 13.5 Å². The van der Waals surface area contributed by atoms with Gasteiger partial charge in [0.15, 0.2) is 17.3 Å². The van der Waals surface area contributed by atoms with Gasteiger partial charge in [-0.2, -0.15) is 13.2 Å². The Morgan fingerprint density at radius 3 is 2.09 bits per heavy atom. The molecule has 0 spiro atoms. The molecule has 2 aromatic carbocycles. The third-order valence-electron chi connectivity index (χ3n) is 2.62. The predicted octanol–water partition coefficient (Wildman–Crippen LogP) is 3.12. The average Bonchev–Trinajstić information content (AvgIpc) is 2.41. The van der Waals surface area contributed by atoms with Gasteiger partial charge in [-0.05, 0) is 30.3 Å². The second kappa shape index (κ2) is 6.43. The molecule has 10 heteroatoms. The van der Waals surface area contributed by atoms with Gasteiger partial charge in [0.25, 0.3) is 0 Å². The van der Waals surface area contributed by atoms with Crippen LogP contribution in [0.1, 0.15) is 5.56 Å². The van der Waals surface area contributed by atoms with Crippen LogP contribution in [-0.4, -0.2) is 17.4 Å². The summed E-state index contributed by atoms with van der Waals surface area (Å²) in [5, 5.41) is 17.5. The van der Waals surface area contributed by atoms with Gasteiger partial charge in [-0.25, -0.2) is 8.78 Å². The lowest BCUT2D eigenvalue weighted by Gasteiger charge is -2.15. The number of rotatable bonds is 4. The lowest BCUT2D eigenvalue weighted by molar-refractivity contribution is -0.137. The van der Waals surface area contributed by atoms with Crippen molar-refractivity contribution in [3.63, 3.8) is 0 Å². The molecule has 0 fully saturated rings. The van der Waals surface area contributed by atoms with Crippen LogP contribution in [0.2, 0.25) is 0 Å². The molecule has 0 aromatic heterocycles. The number of halogens is 5. The van der Waals surface area contributed by atoms with E-state index in [0.717, 1.165) is 18.2 Å². The molecule has 0 saturated heterocycles. The Morgan fingerprint density at radius 2 is 1.52 bits per heavy atom. The van der Waals surface area contributed by atoms with Gasteiger partial charge in [0.2, 0.25) is 0 Å². The summed E-state index contributed by atoms with van der Waals surface area (Å²) in [5.41, 5.74) is -1.14. The maximum absolute atomic E-state index is 13.5. The maximum atomic E-state index is 13.5. The Kier molecular flexibility index (Phi) is 4.76. The fourth-order valence-electron chi connectivity index (χ4n) is 1.65. The first-order chi connectivity index (χ1) is 10.7. The topological polar surface area (TPSA) is 58.9 Å². The minimum atomic E-state index is -4.71. The molecule has 2 rings (SSSR count). The Labute approximate surface area is 126 Å². The van der Waals surface area contributed by atoms with Gasteiger partial charge in [-0.3, -0.25) is 0 Å². The molecule has 0 unspecified atom stereocenters. The van der Waals surface area contributed by atoms with Crippen molar-refractivity contribution in [3.8, 4) is 17.2 Å². The Balaban J connectivity index is 2.40. The molecule has 2 aromatic rings. The highest BCUT2D eigenvalue weighted by molar-refractivity contribution is 6.33. The van der Waals surface area contributed by atoms with Crippen LogP contribution in [0.4, 0.5) is 22.0 Å². The lowest BCUT2D eigenvalue weighted by atomic mass is 10.1. The Bertz CT molecular complexity index is 705. The van der Waals surface area contributed by atoms with Gasteiger partial charge in [0.1, 0.15) is 11.6 Å². The average molecular weight is 334 g/mol. The summed E-state index contributed by atoms with van der Waals surface area (Å²) in [5.74, 6) is -3.55. The van der Waals surface area contributed by atoms with Crippen LogP contribution < -0.4 is 9.39 Å². The number of ether oxygens (including phenoxy) is 1. The minimum Gasteiger partial charge on any atom is -0.509 e. The van der Waals surface area contributed by atoms with E-state index in [1.54, 1.807) is 0 Å². The highest BCUT2D eigenvalue weighted by atomic mass is 19.4. The van der Waals surface area contributed by atoms with Crippen molar-refractivity contribution < 1.29 is 41.4 Å². The van der Waals surface area contributed by atoms with Gasteiger partial charge in [-0.1, -0.05) is 0 Å². The molecule has 0 heterocycles. The maximum Gasteiger partial charge on any atom is 0.707 e. The number of hydrogen-bond acceptors (Lipinski definition) is 4. The number of benzene rings is 2. The van der Waals surface area contributed by atoms with Gasteiger partial charge in [0, 0.05) is 6.07 Å². The van der Waals surface area contributed by atoms with Gasteiger partial charge in [0.05, 0.1) is 5.56 Å². The van der Waals surface area contributed by atoms with Gasteiger partial charge < -0.3 is 19.4 Å². The summed E-state index contributed by atoms with van der Waals surface area (Å²) in [6.45, 7) is 0. The third kappa shape index (κ3) is 4.33. The molecule has 0 atom stereocenters. The van der Waals surface area contributed by atoms with E-state index in [4.69, 9.17) is 14.8 Å². The van der Waals surface area contributed by atoms with E-state index >= 15 is 0 Å². The van der Waals surface area contributed by atoms with Crippen molar-refractivity contribution in [2.45, 2.75) is 6.18 Å². The molecule has 23 heavy (non-hydrogen) atoms. The SMILES string of the molecule is OB(O)Oc1cc(C(F)(F)F)ccc1Oc1ccc(F)cc1F. The van der Waals surface area contributed by atoms with E-state index in [0.29, 0.717) is 18.2 Å². The van der Waals surface area contributed by atoms with Crippen molar-refractivity contribution in [2.75, 3.05) is 0 Å². The first kappa shape index (κ1) is 17.0. The van der Waals surface area contributed by atoms with E-state index in [9.17, 15) is 22.0 Å².